The predicted octanol–water partition coefficient (Wildman–Crippen LogP) is 3.28. The van der Waals surface area contributed by atoms with Crippen LogP contribution in [-0.2, 0) is 6.42 Å². The summed E-state index contributed by atoms with van der Waals surface area (Å²) in [7, 11) is 0. The third kappa shape index (κ3) is 3.40. The maximum Gasteiger partial charge on any atom is 0.151 e. The number of halogens is 1. The molecule has 0 fully saturated rings. The fourth-order valence-corrected chi connectivity index (χ4v) is 1.88. The van der Waals surface area contributed by atoms with Gasteiger partial charge in [0.05, 0.1) is 6.61 Å². The van der Waals surface area contributed by atoms with Crippen molar-refractivity contribution in [2.24, 2.45) is 0 Å². The molecule has 3 nitrogen and oxygen atoms in total. The first-order valence-corrected chi connectivity index (χ1v) is 6.35. The first kappa shape index (κ1) is 12.8. The molecule has 0 aliphatic rings. The van der Waals surface area contributed by atoms with Gasteiger partial charge in [-0.3, -0.25) is 9.78 Å². The van der Waals surface area contributed by atoms with Crippen molar-refractivity contribution in [3.05, 3.63) is 58.3 Å². The molecule has 4 heteroatoms. The molecule has 0 spiro atoms. The van der Waals surface area contributed by atoms with Crippen molar-refractivity contribution in [2.45, 2.75) is 6.42 Å². The predicted molar refractivity (Wildman–Crippen MR) is 73.0 cm³/mol. The third-order valence-corrected chi connectivity index (χ3v) is 3.23. The van der Waals surface area contributed by atoms with Crippen molar-refractivity contribution < 1.29 is 9.53 Å². The molecule has 0 aliphatic heterocycles. The summed E-state index contributed by atoms with van der Waals surface area (Å²) < 4.78 is 6.38. The molecule has 0 radical (unpaired) electrons. The molecule has 18 heavy (non-hydrogen) atoms. The normalized spacial score (nSPS) is 10.1. The molecule has 0 atom stereocenters. The summed E-state index contributed by atoms with van der Waals surface area (Å²) in [6.07, 6.45) is 5.15. The fraction of sp³-hybridized carbons (Fsp3) is 0.143. The third-order valence-electron chi connectivity index (χ3n) is 2.50. The Morgan fingerprint density at radius 2 is 2.00 bits per heavy atom. The van der Waals surface area contributed by atoms with E-state index in [1.54, 1.807) is 18.5 Å². The van der Waals surface area contributed by atoms with Gasteiger partial charge in [0.15, 0.2) is 6.29 Å². The van der Waals surface area contributed by atoms with E-state index in [-0.39, 0.29) is 0 Å². The number of benzene rings is 1. The van der Waals surface area contributed by atoms with Crippen molar-refractivity contribution in [3.8, 4) is 5.75 Å². The molecule has 1 aromatic heterocycles. The molecule has 1 aromatic carbocycles. The number of aromatic nitrogens is 1. The molecular formula is C14H12BrNO2. The van der Waals surface area contributed by atoms with Crippen molar-refractivity contribution in [1.29, 1.82) is 0 Å². The lowest BCUT2D eigenvalue weighted by atomic mass is 10.2. The summed E-state index contributed by atoms with van der Waals surface area (Å²) in [5.41, 5.74) is 1.77. The molecule has 0 saturated heterocycles. The minimum Gasteiger partial charge on any atom is -0.493 e. The Morgan fingerprint density at radius 1 is 1.22 bits per heavy atom. The molecule has 92 valence electrons. The number of rotatable bonds is 5. The van der Waals surface area contributed by atoms with E-state index in [0.29, 0.717) is 17.9 Å². The molecule has 0 bridgehead atoms. The molecule has 0 unspecified atom stereocenters. The molecule has 0 saturated carbocycles. The highest BCUT2D eigenvalue weighted by Crippen LogP contribution is 2.21. The van der Waals surface area contributed by atoms with Crippen LogP contribution in [0.25, 0.3) is 0 Å². The molecule has 2 rings (SSSR count). The fourth-order valence-electron chi connectivity index (χ4n) is 1.54. The van der Waals surface area contributed by atoms with E-state index in [0.717, 1.165) is 17.2 Å². The van der Waals surface area contributed by atoms with Crippen molar-refractivity contribution in [2.75, 3.05) is 6.61 Å². The average molecular weight is 306 g/mol. The molecule has 2 aromatic rings. The lowest BCUT2D eigenvalue weighted by Crippen LogP contribution is -2.01. The first-order chi connectivity index (χ1) is 8.79. The van der Waals surface area contributed by atoms with Gasteiger partial charge in [-0.1, -0.05) is 15.9 Å². The molecule has 0 N–H and O–H groups in total. The smallest absolute Gasteiger partial charge is 0.151 e. The molecule has 0 aliphatic carbocycles. The topological polar surface area (TPSA) is 39.2 Å². The summed E-state index contributed by atoms with van der Waals surface area (Å²) in [6, 6.07) is 9.29. The van der Waals surface area contributed by atoms with Gasteiger partial charge in [-0.05, 0) is 35.9 Å². The second-order valence-electron chi connectivity index (χ2n) is 3.76. The maximum atomic E-state index is 10.8. The van der Waals surface area contributed by atoms with E-state index in [9.17, 15) is 4.79 Å². The Labute approximate surface area is 114 Å². The van der Waals surface area contributed by atoms with Crippen LogP contribution in [0, 0.1) is 0 Å². The van der Waals surface area contributed by atoms with E-state index in [1.807, 2.05) is 24.3 Å². The Morgan fingerprint density at radius 3 is 2.72 bits per heavy atom. The van der Waals surface area contributed by atoms with Gasteiger partial charge in [0.25, 0.3) is 0 Å². The van der Waals surface area contributed by atoms with Gasteiger partial charge in [-0.25, -0.2) is 0 Å². The number of hydrogen-bond acceptors (Lipinski definition) is 3. The monoisotopic (exact) mass is 305 g/mol. The van der Waals surface area contributed by atoms with Gasteiger partial charge in [0.1, 0.15) is 5.75 Å². The van der Waals surface area contributed by atoms with E-state index in [1.165, 1.54) is 5.56 Å². The number of carbonyl (C=O) groups excluding carboxylic acids is 1. The highest BCUT2D eigenvalue weighted by atomic mass is 79.9. The number of hydrogen-bond donors (Lipinski definition) is 0. The first-order valence-electron chi connectivity index (χ1n) is 5.56. The highest BCUT2D eigenvalue weighted by Gasteiger charge is 2.01. The van der Waals surface area contributed by atoms with Crippen LogP contribution in [0.5, 0.6) is 5.75 Å². The van der Waals surface area contributed by atoms with E-state index in [2.05, 4.69) is 20.9 Å². The summed E-state index contributed by atoms with van der Waals surface area (Å²) >= 11 is 3.30. The van der Waals surface area contributed by atoms with Crippen LogP contribution in [0.15, 0.2) is 47.2 Å². The summed E-state index contributed by atoms with van der Waals surface area (Å²) in [6.45, 7) is 0.573. The minimum absolute atomic E-state index is 0.573. The second-order valence-corrected chi connectivity index (χ2v) is 4.61. The van der Waals surface area contributed by atoms with Crippen LogP contribution in [-0.4, -0.2) is 17.9 Å². The number of nitrogens with zero attached hydrogens (tertiary/aromatic N) is 1. The quantitative estimate of drug-likeness (QED) is 0.796. The number of pyridine rings is 1. The van der Waals surface area contributed by atoms with Crippen LogP contribution in [0.3, 0.4) is 0 Å². The van der Waals surface area contributed by atoms with Gasteiger partial charge in [-0.15, -0.1) is 0 Å². The van der Waals surface area contributed by atoms with Gasteiger partial charge < -0.3 is 4.74 Å². The second kappa shape index (κ2) is 6.31. The van der Waals surface area contributed by atoms with Crippen LogP contribution >= 0.6 is 15.9 Å². The number of carbonyl (C=O) groups is 1. The van der Waals surface area contributed by atoms with Crippen molar-refractivity contribution in [3.63, 3.8) is 0 Å². The lowest BCUT2D eigenvalue weighted by molar-refractivity contribution is 0.112. The largest absolute Gasteiger partial charge is 0.493 e. The molecular weight excluding hydrogens is 294 g/mol. The number of ether oxygens (including phenoxy) is 1. The zero-order valence-corrected chi connectivity index (χ0v) is 11.3. The average Bonchev–Trinajstić information content (AvgIpc) is 2.42. The van der Waals surface area contributed by atoms with Crippen LogP contribution in [0.2, 0.25) is 0 Å². The number of aldehydes is 1. The Kier molecular flexibility index (Phi) is 4.47. The summed E-state index contributed by atoms with van der Waals surface area (Å²) in [5.74, 6) is 0.703. The van der Waals surface area contributed by atoms with Gasteiger partial charge in [0.2, 0.25) is 0 Å². The maximum absolute atomic E-state index is 10.8. The summed E-state index contributed by atoms with van der Waals surface area (Å²) in [4.78, 5) is 14.7. The molecule has 0 amide bonds. The Balaban J connectivity index is 1.92. The Hall–Kier alpha value is -1.68. The van der Waals surface area contributed by atoms with Crippen LogP contribution in [0.1, 0.15) is 15.9 Å². The van der Waals surface area contributed by atoms with E-state index >= 15 is 0 Å². The Bertz CT molecular complexity index is 529. The van der Waals surface area contributed by atoms with Gasteiger partial charge in [-0.2, -0.15) is 0 Å². The standard InChI is InChI=1S/C14H12BrNO2/c15-14-2-1-13(9-12(14)10-17)18-8-5-11-3-6-16-7-4-11/h1-4,6-7,9-10H,5,8H2. The SMILES string of the molecule is O=Cc1cc(OCCc2ccncc2)ccc1Br. The van der Waals surface area contributed by atoms with E-state index < -0.39 is 0 Å². The van der Waals surface area contributed by atoms with E-state index in [4.69, 9.17) is 4.74 Å². The zero-order chi connectivity index (χ0) is 12.8. The zero-order valence-electron chi connectivity index (χ0n) is 9.67. The lowest BCUT2D eigenvalue weighted by Gasteiger charge is -2.07. The highest BCUT2D eigenvalue weighted by molar-refractivity contribution is 9.10. The van der Waals surface area contributed by atoms with Crippen molar-refractivity contribution >= 4 is 22.2 Å². The minimum atomic E-state index is 0.573. The van der Waals surface area contributed by atoms with Gasteiger partial charge >= 0.3 is 0 Å². The van der Waals surface area contributed by atoms with Crippen LogP contribution in [0.4, 0.5) is 0 Å². The van der Waals surface area contributed by atoms with Crippen LogP contribution < -0.4 is 4.74 Å². The summed E-state index contributed by atoms with van der Waals surface area (Å²) in [5, 5.41) is 0. The molecule has 1 heterocycles. The van der Waals surface area contributed by atoms with Crippen molar-refractivity contribution in [1.82, 2.24) is 4.98 Å². The van der Waals surface area contributed by atoms with Gasteiger partial charge in [0, 0.05) is 28.9 Å².